The Bertz CT molecular complexity index is 219. The van der Waals surface area contributed by atoms with Crippen molar-refractivity contribution in [3.05, 3.63) is 25.3 Å². The zero-order chi connectivity index (χ0) is 14.5. The molecular weight excluding hydrogens is 307 g/mol. The van der Waals surface area contributed by atoms with Gasteiger partial charge in [-0.1, -0.05) is 12.2 Å². The summed E-state index contributed by atoms with van der Waals surface area (Å²) in [6.07, 6.45) is 6.41. The van der Waals surface area contributed by atoms with E-state index in [1.165, 1.54) is 12.8 Å². The van der Waals surface area contributed by atoms with Gasteiger partial charge >= 0.3 is 16.5 Å². The minimum atomic E-state index is 0. The summed E-state index contributed by atoms with van der Waals surface area (Å²) in [4.78, 5) is 4.94. The number of nitrogens with zero attached hydrogens (tertiary/aromatic N) is 2. The van der Waals surface area contributed by atoms with Crippen LogP contribution >= 0.6 is 0 Å². The van der Waals surface area contributed by atoms with Crippen molar-refractivity contribution >= 4 is 0 Å². The predicted octanol–water partition coefficient (Wildman–Crippen LogP) is 0.933. The molecule has 0 amide bonds. The zero-order valence-corrected chi connectivity index (χ0v) is 14.3. The fourth-order valence-corrected chi connectivity index (χ4v) is 2.53. The fraction of sp³-hybridized carbons (Fsp3) is 0.750. The molecule has 0 saturated carbocycles. The molecule has 0 radical (unpaired) electrons. The van der Waals surface area contributed by atoms with Crippen molar-refractivity contribution in [2.45, 2.75) is 12.8 Å². The fourth-order valence-electron chi connectivity index (χ4n) is 2.53. The molecule has 4 nitrogen and oxygen atoms in total. The molecule has 0 unspecified atom stereocenters. The van der Waals surface area contributed by atoms with Crippen molar-refractivity contribution in [1.29, 1.82) is 0 Å². The van der Waals surface area contributed by atoms with E-state index in [1.807, 2.05) is 12.2 Å². The molecule has 0 aromatic rings. The molecule has 1 aliphatic rings. The van der Waals surface area contributed by atoms with Crippen molar-refractivity contribution < 1.29 is 16.5 Å². The number of rotatable bonds is 4. The van der Waals surface area contributed by atoms with E-state index in [2.05, 4.69) is 33.6 Å². The van der Waals surface area contributed by atoms with Crippen LogP contribution in [-0.2, 0) is 16.5 Å². The van der Waals surface area contributed by atoms with Gasteiger partial charge in [-0.3, -0.25) is 9.80 Å². The summed E-state index contributed by atoms with van der Waals surface area (Å²) >= 11 is 0. The molecule has 1 saturated heterocycles. The molecule has 0 bridgehead atoms. The molecule has 1 rings (SSSR count). The second-order valence-electron chi connectivity index (χ2n) is 5.39. The molecule has 0 aromatic heterocycles. The summed E-state index contributed by atoms with van der Waals surface area (Å²) in [5.74, 6) is 0. The van der Waals surface area contributed by atoms with Crippen LogP contribution in [0.1, 0.15) is 12.8 Å². The van der Waals surface area contributed by atoms with E-state index in [0.29, 0.717) is 0 Å². The van der Waals surface area contributed by atoms with Crippen LogP contribution in [0.15, 0.2) is 25.3 Å². The van der Waals surface area contributed by atoms with Gasteiger partial charge in [0.25, 0.3) is 0 Å². The van der Waals surface area contributed by atoms with E-state index in [1.54, 1.807) is 0 Å². The third-order valence-electron chi connectivity index (χ3n) is 3.64. The Morgan fingerprint density at radius 1 is 0.714 bits per heavy atom. The average Bonchev–Trinajstić information content (AvgIpc) is 2.45. The Labute approximate surface area is 140 Å². The summed E-state index contributed by atoms with van der Waals surface area (Å²) in [5.41, 5.74) is 0. The molecule has 1 heterocycles. The monoisotopic (exact) mass is 338 g/mol. The van der Waals surface area contributed by atoms with E-state index in [0.717, 1.165) is 65.4 Å². The Morgan fingerprint density at radius 3 is 1.52 bits per heavy atom. The van der Waals surface area contributed by atoms with Crippen molar-refractivity contribution in [3.63, 3.8) is 0 Å². The van der Waals surface area contributed by atoms with Gasteiger partial charge in [-0.15, -0.1) is 13.2 Å². The Kier molecular flexibility index (Phi) is 14.6. The largest absolute Gasteiger partial charge is 2.00 e. The number of hydrogen-bond donors (Lipinski definition) is 2. The van der Waals surface area contributed by atoms with Crippen LogP contribution in [0, 0.1) is 0 Å². The molecule has 21 heavy (non-hydrogen) atoms. The molecule has 2 N–H and O–H groups in total. The summed E-state index contributed by atoms with van der Waals surface area (Å²) < 4.78 is 0. The molecular formula is C16H32N4Ni+2. The van der Waals surface area contributed by atoms with Crippen molar-refractivity contribution in [3.8, 4) is 0 Å². The average molecular weight is 339 g/mol. The van der Waals surface area contributed by atoms with Crippen LogP contribution < -0.4 is 10.6 Å². The van der Waals surface area contributed by atoms with Crippen molar-refractivity contribution in [2.24, 2.45) is 0 Å². The molecule has 0 spiro atoms. The second kappa shape index (κ2) is 14.7. The smallest absolute Gasteiger partial charge is 0.315 e. The molecule has 0 aliphatic carbocycles. The van der Waals surface area contributed by atoms with Crippen LogP contribution in [0.2, 0.25) is 0 Å². The maximum atomic E-state index is 3.85. The predicted molar refractivity (Wildman–Crippen MR) is 88.2 cm³/mol. The topological polar surface area (TPSA) is 30.5 Å². The summed E-state index contributed by atoms with van der Waals surface area (Å²) in [5, 5.41) is 7.09. The van der Waals surface area contributed by atoms with Gasteiger partial charge in [0.1, 0.15) is 0 Å². The molecule has 0 aromatic carbocycles. The van der Waals surface area contributed by atoms with Gasteiger partial charge in [0, 0.05) is 39.3 Å². The minimum Gasteiger partial charge on any atom is -0.315 e. The van der Waals surface area contributed by atoms with Crippen molar-refractivity contribution in [2.75, 3.05) is 65.4 Å². The Morgan fingerprint density at radius 2 is 1.14 bits per heavy atom. The summed E-state index contributed by atoms with van der Waals surface area (Å²) in [6.45, 7) is 18.6. The first-order chi connectivity index (χ1) is 9.86. The maximum absolute atomic E-state index is 3.85. The Balaban J connectivity index is 0.00000400. The first-order valence-electron chi connectivity index (χ1n) is 7.94. The molecule has 1 fully saturated rings. The normalized spacial score (nSPS) is 21.0. The van der Waals surface area contributed by atoms with Gasteiger partial charge in [0.05, 0.1) is 0 Å². The van der Waals surface area contributed by atoms with Gasteiger partial charge in [-0.2, -0.15) is 0 Å². The van der Waals surface area contributed by atoms with Crippen molar-refractivity contribution in [1.82, 2.24) is 20.4 Å². The first-order valence-corrected chi connectivity index (χ1v) is 7.94. The van der Waals surface area contributed by atoms with Crippen LogP contribution in [0.4, 0.5) is 0 Å². The zero-order valence-electron chi connectivity index (χ0n) is 13.3. The van der Waals surface area contributed by atoms with Crippen LogP contribution in [0.25, 0.3) is 0 Å². The van der Waals surface area contributed by atoms with Gasteiger partial charge in [0.2, 0.25) is 0 Å². The molecule has 1 aliphatic heterocycles. The summed E-state index contributed by atoms with van der Waals surface area (Å²) in [6, 6.07) is 0. The van der Waals surface area contributed by atoms with E-state index < -0.39 is 0 Å². The second-order valence-corrected chi connectivity index (χ2v) is 5.39. The van der Waals surface area contributed by atoms with Crippen LogP contribution in [0.5, 0.6) is 0 Å². The third-order valence-corrected chi connectivity index (χ3v) is 3.64. The molecule has 0 atom stereocenters. The number of nitrogens with one attached hydrogen (secondary N) is 2. The molecule has 5 heteroatoms. The van der Waals surface area contributed by atoms with Crippen LogP contribution in [0.3, 0.4) is 0 Å². The minimum absolute atomic E-state index is 0. The number of hydrogen-bond acceptors (Lipinski definition) is 4. The van der Waals surface area contributed by atoms with Gasteiger partial charge < -0.3 is 10.6 Å². The standard InChI is InChI=1S/C16H32N4.Ni/c1-3-11-19-13-5-7-18-10-16-20(12-4-2)14-6-8-17-9-15-19;/h3-4,17-18H,1-2,5-16H2;/q;+2. The quantitative estimate of drug-likeness (QED) is 0.590. The first kappa shape index (κ1) is 20.8. The Hall–Kier alpha value is -0.186. The van der Waals surface area contributed by atoms with E-state index in [-0.39, 0.29) is 16.5 Å². The van der Waals surface area contributed by atoms with Gasteiger partial charge in [-0.05, 0) is 39.0 Å². The third kappa shape index (κ3) is 11.1. The van der Waals surface area contributed by atoms with Gasteiger partial charge in [-0.25, -0.2) is 0 Å². The van der Waals surface area contributed by atoms with Crippen LogP contribution in [-0.4, -0.2) is 75.2 Å². The molecule has 124 valence electrons. The van der Waals surface area contributed by atoms with Gasteiger partial charge in [0.15, 0.2) is 0 Å². The maximum Gasteiger partial charge on any atom is 2.00 e. The van der Waals surface area contributed by atoms with E-state index in [9.17, 15) is 0 Å². The van der Waals surface area contributed by atoms with E-state index in [4.69, 9.17) is 0 Å². The SMILES string of the molecule is C=CCN1CCCNCCN(CC=C)CCCNCC1.[Ni+2]. The summed E-state index contributed by atoms with van der Waals surface area (Å²) in [7, 11) is 0. The van der Waals surface area contributed by atoms with E-state index >= 15 is 0 Å².